The van der Waals surface area contributed by atoms with Crippen molar-refractivity contribution in [3.05, 3.63) is 75.3 Å². The van der Waals surface area contributed by atoms with Crippen molar-refractivity contribution in [2.45, 2.75) is 31.3 Å². The number of halogens is 2. The summed E-state index contributed by atoms with van der Waals surface area (Å²) in [4.78, 5) is 19.7. The number of amides is 1. The monoisotopic (exact) mass is 442 g/mol. The Hall–Kier alpha value is -1.75. The fourth-order valence-corrected chi connectivity index (χ4v) is 5.86. The highest BCUT2D eigenvalue weighted by atomic mass is 35.5. The molecule has 2 aromatic carbocycles. The highest BCUT2D eigenvalue weighted by Crippen LogP contribution is 2.48. The molecule has 0 aromatic heterocycles. The van der Waals surface area contributed by atoms with E-state index >= 15 is 0 Å². The van der Waals surface area contributed by atoms with Crippen LogP contribution in [0.3, 0.4) is 0 Å². The van der Waals surface area contributed by atoms with Crippen LogP contribution in [0.5, 0.6) is 0 Å². The van der Waals surface area contributed by atoms with E-state index in [1.807, 2.05) is 41.3 Å². The molecule has 3 atom stereocenters. The van der Waals surface area contributed by atoms with Crippen molar-refractivity contribution >= 4 is 52.1 Å². The first-order valence-corrected chi connectivity index (χ1v) is 11.6. The molecule has 3 nitrogen and oxygen atoms in total. The average Bonchev–Trinajstić information content (AvgIpc) is 3.10. The smallest absolute Gasteiger partial charge is 0.239 e. The van der Waals surface area contributed by atoms with Crippen molar-refractivity contribution in [2.75, 3.05) is 5.75 Å². The van der Waals surface area contributed by atoms with Gasteiger partial charge in [0.1, 0.15) is 0 Å². The number of aliphatic imine (C=N–C) groups is 1. The van der Waals surface area contributed by atoms with Crippen LogP contribution in [0.1, 0.15) is 36.4 Å². The van der Waals surface area contributed by atoms with Crippen LogP contribution in [0, 0.1) is 5.92 Å². The summed E-state index contributed by atoms with van der Waals surface area (Å²) in [5, 5.41) is 2.31. The Bertz CT molecular complexity index is 1000. The molecule has 148 valence electrons. The predicted molar refractivity (Wildman–Crippen MR) is 121 cm³/mol. The van der Waals surface area contributed by atoms with Crippen molar-refractivity contribution in [1.82, 2.24) is 4.90 Å². The molecule has 2 aromatic rings. The van der Waals surface area contributed by atoms with Crippen LogP contribution in [0.4, 0.5) is 0 Å². The Morgan fingerprint density at radius 2 is 1.72 bits per heavy atom. The van der Waals surface area contributed by atoms with Gasteiger partial charge in [-0.3, -0.25) is 14.7 Å². The molecule has 2 heterocycles. The maximum absolute atomic E-state index is 12.7. The molecule has 2 fully saturated rings. The van der Waals surface area contributed by atoms with Gasteiger partial charge in [-0.15, -0.1) is 0 Å². The van der Waals surface area contributed by atoms with E-state index < -0.39 is 0 Å². The van der Waals surface area contributed by atoms with Gasteiger partial charge >= 0.3 is 0 Å². The predicted octanol–water partition coefficient (Wildman–Crippen LogP) is 6.23. The molecule has 2 aliphatic heterocycles. The van der Waals surface area contributed by atoms with Crippen molar-refractivity contribution < 1.29 is 4.79 Å². The van der Waals surface area contributed by atoms with E-state index in [9.17, 15) is 4.79 Å². The maximum Gasteiger partial charge on any atom is 0.239 e. The minimum atomic E-state index is 0.0150. The highest BCUT2D eigenvalue weighted by Gasteiger charge is 2.47. The number of hydrogen-bond acceptors (Lipinski definition) is 3. The van der Waals surface area contributed by atoms with Crippen LogP contribution in [-0.4, -0.2) is 27.8 Å². The zero-order valence-electron chi connectivity index (χ0n) is 15.7. The Labute approximate surface area is 184 Å². The second kappa shape index (κ2) is 7.82. The van der Waals surface area contributed by atoms with Crippen molar-refractivity contribution in [3.63, 3.8) is 0 Å². The Morgan fingerprint density at radius 1 is 1.03 bits per heavy atom. The number of benzene rings is 2. The molecule has 29 heavy (non-hydrogen) atoms. The average molecular weight is 443 g/mol. The fourth-order valence-electron chi connectivity index (χ4n) is 4.67. The molecule has 0 radical (unpaired) electrons. The van der Waals surface area contributed by atoms with Crippen molar-refractivity contribution in [3.8, 4) is 0 Å². The summed E-state index contributed by atoms with van der Waals surface area (Å²) in [5.41, 5.74) is 3.63. The SMILES string of the molecule is O=C1CSC2=N[C@@H]3/C(=C\c4ccc(Cl)cc4)CCC[C@@H]3[C@H](c3ccc(Cl)cc3)N12. The molecule has 5 rings (SSSR count). The Kier molecular flexibility index (Phi) is 5.19. The van der Waals surface area contributed by atoms with Crippen LogP contribution in [-0.2, 0) is 4.79 Å². The zero-order chi connectivity index (χ0) is 20.0. The summed E-state index contributed by atoms with van der Waals surface area (Å²) in [7, 11) is 0. The summed E-state index contributed by atoms with van der Waals surface area (Å²) < 4.78 is 0. The molecule has 3 aliphatic rings. The second-order valence-electron chi connectivity index (χ2n) is 7.73. The summed E-state index contributed by atoms with van der Waals surface area (Å²) in [6.45, 7) is 0. The summed E-state index contributed by atoms with van der Waals surface area (Å²) in [5.74, 6) is 0.898. The van der Waals surface area contributed by atoms with Gasteiger partial charge in [-0.1, -0.05) is 65.3 Å². The van der Waals surface area contributed by atoms with Crippen LogP contribution in [0.2, 0.25) is 10.0 Å². The first kappa shape index (κ1) is 19.2. The van der Waals surface area contributed by atoms with Crippen molar-refractivity contribution in [1.29, 1.82) is 0 Å². The third-order valence-electron chi connectivity index (χ3n) is 5.95. The lowest BCUT2D eigenvalue weighted by molar-refractivity contribution is -0.127. The summed E-state index contributed by atoms with van der Waals surface area (Å²) >= 11 is 13.7. The lowest BCUT2D eigenvalue weighted by Gasteiger charge is -2.44. The first-order chi connectivity index (χ1) is 14.1. The van der Waals surface area contributed by atoms with Gasteiger partial charge in [0, 0.05) is 16.0 Å². The van der Waals surface area contributed by atoms with E-state index in [1.54, 1.807) is 11.8 Å². The van der Waals surface area contributed by atoms with Crippen LogP contribution in [0.25, 0.3) is 6.08 Å². The minimum Gasteiger partial charge on any atom is -0.283 e. The molecule has 0 spiro atoms. The topological polar surface area (TPSA) is 32.7 Å². The normalized spacial score (nSPS) is 27.6. The van der Waals surface area contributed by atoms with Gasteiger partial charge in [-0.2, -0.15) is 0 Å². The molecule has 0 unspecified atom stereocenters. The van der Waals surface area contributed by atoms with Crippen LogP contribution < -0.4 is 0 Å². The maximum atomic E-state index is 12.7. The molecule has 1 amide bonds. The van der Waals surface area contributed by atoms with Gasteiger partial charge in [0.05, 0.1) is 17.8 Å². The third-order valence-corrected chi connectivity index (χ3v) is 7.41. The van der Waals surface area contributed by atoms with Gasteiger partial charge < -0.3 is 0 Å². The lowest BCUT2D eigenvalue weighted by atomic mass is 9.73. The number of amidine groups is 1. The van der Waals surface area contributed by atoms with Crippen LogP contribution >= 0.6 is 35.0 Å². The van der Waals surface area contributed by atoms with E-state index in [-0.39, 0.29) is 23.9 Å². The largest absolute Gasteiger partial charge is 0.283 e. The fraction of sp³-hybridized carbons (Fsp3) is 0.304. The van der Waals surface area contributed by atoms with Gasteiger partial charge in [0.25, 0.3) is 0 Å². The quantitative estimate of drug-likeness (QED) is 0.551. The van der Waals surface area contributed by atoms with Gasteiger partial charge in [-0.05, 0) is 60.2 Å². The number of carbonyl (C=O) groups is 1. The van der Waals surface area contributed by atoms with E-state index in [4.69, 9.17) is 28.2 Å². The number of hydrogen-bond donors (Lipinski definition) is 0. The number of nitrogens with zero attached hydrogens (tertiary/aromatic N) is 2. The number of carbonyl (C=O) groups excluding carboxylic acids is 1. The van der Waals surface area contributed by atoms with Gasteiger partial charge in [0.2, 0.25) is 5.91 Å². The molecule has 0 N–H and O–H groups in total. The van der Waals surface area contributed by atoms with E-state index in [0.29, 0.717) is 10.8 Å². The van der Waals surface area contributed by atoms with Gasteiger partial charge in [-0.25, -0.2) is 0 Å². The molecule has 6 heteroatoms. The molecule has 1 saturated carbocycles. The third kappa shape index (κ3) is 3.63. The highest BCUT2D eigenvalue weighted by molar-refractivity contribution is 8.15. The second-order valence-corrected chi connectivity index (χ2v) is 9.55. The molecule has 1 aliphatic carbocycles. The minimum absolute atomic E-state index is 0.0150. The van der Waals surface area contributed by atoms with Gasteiger partial charge in [0.15, 0.2) is 5.17 Å². The molecular formula is C23H20Cl2N2OS. The van der Waals surface area contributed by atoms with E-state index in [2.05, 4.69) is 18.2 Å². The number of rotatable bonds is 2. The van der Waals surface area contributed by atoms with Crippen molar-refractivity contribution in [2.24, 2.45) is 10.9 Å². The summed E-state index contributed by atoms with van der Waals surface area (Å²) in [6, 6.07) is 16.0. The van der Waals surface area contributed by atoms with E-state index in [0.717, 1.165) is 40.6 Å². The Morgan fingerprint density at radius 3 is 2.45 bits per heavy atom. The Balaban J connectivity index is 1.57. The van der Waals surface area contributed by atoms with Crippen LogP contribution in [0.15, 0.2) is 59.1 Å². The van der Waals surface area contributed by atoms with E-state index in [1.165, 1.54) is 5.57 Å². The zero-order valence-corrected chi connectivity index (χ0v) is 18.1. The molecule has 1 saturated heterocycles. The summed E-state index contributed by atoms with van der Waals surface area (Å²) in [6.07, 6.45) is 5.45. The molecule has 0 bridgehead atoms. The molecular weight excluding hydrogens is 423 g/mol. The standard InChI is InChI=1S/C23H20Cl2N2OS/c24-17-8-4-14(5-9-17)12-16-2-1-3-19-21(16)26-23-27(20(28)13-29-23)22(19)15-6-10-18(25)11-7-15/h4-12,19,21-22H,1-3,13H2/b16-12-/t19-,21+,22-/m0/s1. The lowest BCUT2D eigenvalue weighted by Crippen LogP contribution is -2.47. The number of fused-ring (bicyclic) bond motifs is 2. The first-order valence-electron chi connectivity index (χ1n) is 9.84. The number of thioether (sulfide) groups is 1.